The molecule has 2 aromatic carbocycles. The molecule has 1 saturated heterocycles. The van der Waals surface area contributed by atoms with Crippen molar-refractivity contribution in [3.63, 3.8) is 0 Å². The normalized spacial score (nSPS) is 17.8. The van der Waals surface area contributed by atoms with Crippen molar-refractivity contribution in [1.29, 1.82) is 0 Å². The highest BCUT2D eigenvalue weighted by Crippen LogP contribution is 2.44. The van der Waals surface area contributed by atoms with Gasteiger partial charge in [-0.3, -0.25) is 9.69 Å². The molecule has 2 aromatic rings. The van der Waals surface area contributed by atoms with E-state index >= 15 is 0 Å². The Labute approximate surface area is 164 Å². The number of hydrogen-bond acceptors (Lipinski definition) is 3. The zero-order valence-electron chi connectivity index (χ0n) is 15.4. The summed E-state index contributed by atoms with van der Waals surface area (Å²) < 4.78 is 58.3. The van der Waals surface area contributed by atoms with E-state index in [1.54, 1.807) is 6.07 Å². The third-order valence-corrected chi connectivity index (χ3v) is 5.55. The maximum atomic E-state index is 13.4. The molecule has 1 N–H and O–H groups in total. The van der Waals surface area contributed by atoms with Crippen LogP contribution in [-0.4, -0.2) is 35.6 Å². The van der Waals surface area contributed by atoms with Crippen molar-refractivity contribution in [3.8, 4) is 5.75 Å². The quantitative estimate of drug-likeness (QED) is 0.761. The van der Waals surface area contributed by atoms with Crippen LogP contribution in [0.5, 0.6) is 5.75 Å². The second-order valence-electron chi connectivity index (χ2n) is 7.91. The summed E-state index contributed by atoms with van der Waals surface area (Å²) in [6, 6.07) is 7.77. The van der Waals surface area contributed by atoms with Gasteiger partial charge in [0.15, 0.2) is 0 Å². The van der Waals surface area contributed by atoms with Crippen molar-refractivity contribution < 1.29 is 32.2 Å². The lowest BCUT2D eigenvalue weighted by Crippen LogP contribution is -2.58. The number of halogens is 4. The van der Waals surface area contributed by atoms with E-state index in [4.69, 9.17) is 9.84 Å². The van der Waals surface area contributed by atoms with Gasteiger partial charge in [0.25, 0.3) is 0 Å². The van der Waals surface area contributed by atoms with E-state index in [1.807, 2.05) is 17.0 Å². The Morgan fingerprint density at radius 3 is 2.52 bits per heavy atom. The van der Waals surface area contributed by atoms with Crippen molar-refractivity contribution in [3.05, 3.63) is 64.5 Å². The average Bonchev–Trinajstić information content (AvgIpc) is 2.96. The van der Waals surface area contributed by atoms with E-state index in [0.717, 1.165) is 42.2 Å². The van der Waals surface area contributed by atoms with Gasteiger partial charge in [-0.2, -0.15) is 13.2 Å². The molecule has 0 atom stereocenters. The topological polar surface area (TPSA) is 49.8 Å². The third-order valence-electron chi connectivity index (χ3n) is 5.55. The molecule has 1 aliphatic carbocycles. The minimum atomic E-state index is -4.58. The average molecular weight is 409 g/mol. The molecule has 1 spiro atoms. The summed E-state index contributed by atoms with van der Waals surface area (Å²) in [5.41, 5.74) is 1.08. The van der Waals surface area contributed by atoms with Gasteiger partial charge in [0.1, 0.15) is 18.2 Å². The van der Waals surface area contributed by atoms with Gasteiger partial charge in [0, 0.05) is 24.1 Å². The van der Waals surface area contributed by atoms with Crippen LogP contribution >= 0.6 is 0 Å². The smallest absolute Gasteiger partial charge is 0.416 e. The number of alkyl halides is 3. The Kier molecular flexibility index (Phi) is 4.77. The molecular weight excluding hydrogens is 390 g/mol. The molecule has 0 radical (unpaired) electrons. The number of likely N-dealkylation sites (tertiary alicyclic amines) is 1. The van der Waals surface area contributed by atoms with Gasteiger partial charge in [-0.05, 0) is 54.3 Å². The molecule has 4 rings (SSSR count). The van der Waals surface area contributed by atoms with Gasteiger partial charge in [-0.15, -0.1) is 0 Å². The molecular formula is C21H19F4NO3. The first kappa shape index (κ1) is 19.7. The minimum absolute atomic E-state index is 0.0294. The molecule has 8 heteroatoms. The standard InChI is InChI=1S/C21H19F4NO3/c22-16-2-4-18(21(23,24)25)15(5-16)10-29-17-3-1-13-7-20(8-14(13)6-17)11-26(12-20)9-19(27)28/h1-6H,7-12H2,(H,27,28). The fourth-order valence-corrected chi connectivity index (χ4v) is 4.45. The number of carbonyl (C=O) groups is 1. The van der Waals surface area contributed by atoms with Crippen molar-refractivity contribution in [2.24, 2.45) is 5.41 Å². The van der Waals surface area contributed by atoms with E-state index in [0.29, 0.717) is 18.8 Å². The van der Waals surface area contributed by atoms with Gasteiger partial charge >= 0.3 is 12.1 Å². The Balaban J connectivity index is 1.43. The fourth-order valence-electron chi connectivity index (χ4n) is 4.45. The maximum absolute atomic E-state index is 13.4. The van der Waals surface area contributed by atoms with Crippen molar-refractivity contribution in [2.75, 3.05) is 19.6 Å². The Bertz CT molecular complexity index is 951. The molecule has 0 unspecified atom stereocenters. The summed E-state index contributed by atoms with van der Waals surface area (Å²) >= 11 is 0. The molecule has 1 heterocycles. The number of carboxylic acid groups (broad SMARTS) is 1. The van der Waals surface area contributed by atoms with Crippen molar-refractivity contribution in [2.45, 2.75) is 25.6 Å². The summed E-state index contributed by atoms with van der Waals surface area (Å²) in [6.45, 7) is 1.06. The predicted octanol–water partition coefficient (Wildman–Crippen LogP) is 3.91. The van der Waals surface area contributed by atoms with Crippen molar-refractivity contribution >= 4 is 5.97 Å². The van der Waals surface area contributed by atoms with Gasteiger partial charge in [-0.1, -0.05) is 6.07 Å². The van der Waals surface area contributed by atoms with Crippen LogP contribution in [0.3, 0.4) is 0 Å². The summed E-state index contributed by atoms with van der Waals surface area (Å²) in [7, 11) is 0. The summed E-state index contributed by atoms with van der Waals surface area (Å²) in [6.07, 6.45) is -2.95. The van der Waals surface area contributed by atoms with Crippen LogP contribution in [0.15, 0.2) is 36.4 Å². The van der Waals surface area contributed by atoms with Crippen LogP contribution in [0.2, 0.25) is 0 Å². The Morgan fingerprint density at radius 2 is 1.83 bits per heavy atom. The zero-order chi connectivity index (χ0) is 20.8. The van der Waals surface area contributed by atoms with Crippen LogP contribution < -0.4 is 4.74 Å². The lowest BCUT2D eigenvalue weighted by atomic mass is 9.77. The molecule has 0 bridgehead atoms. The van der Waals surface area contributed by atoms with Crippen LogP contribution in [-0.2, 0) is 30.4 Å². The minimum Gasteiger partial charge on any atom is -0.489 e. The largest absolute Gasteiger partial charge is 0.489 e. The first-order valence-corrected chi connectivity index (χ1v) is 9.18. The molecule has 0 saturated carbocycles. The van der Waals surface area contributed by atoms with E-state index in [-0.39, 0.29) is 24.1 Å². The highest BCUT2D eigenvalue weighted by Gasteiger charge is 2.47. The first-order chi connectivity index (χ1) is 13.6. The molecule has 0 aromatic heterocycles. The summed E-state index contributed by atoms with van der Waals surface area (Å²) in [4.78, 5) is 12.7. The Morgan fingerprint density at radius 1 is 1.10 bits per heavy atom. The lowest BCUT2D eigenvalue weighted by molar-refractivity contribution is -0.141. The molecule has 1 fully saturated rings. The fraction of sp³-hybridized carbons (Fsp3) is 0.381. The van der Waals surface area contributed by atoms with E-state index < -0.39 is 23.5 Å². The zero-order valence-corrected chi connectivity index (χ0v) is 15.4. The number of ether oxygens (including phenoxy) is 1. The maximum Gasteiger partial charge on any atom is 0.416 e. The second-order valence-corrected chi connectivity index (χ2v) is 7.91. The van der Waals surface area contributed by atoms with Crippen LogP contribution in [0.4, 0.5) is 17.6 Å². The number of benzene rings is 2. The molecule has 154 valence electrons. The van der Waals surface area contributed by atoms with Gasteiger partial charge in [0.05, 0.1) is 12.1 Å². The highest BCUT2D eigenvalue weighted by molar-refractivity contribution is 5.69. The van der Waals surface area contributed by atoms with Crippen LogP contribution in [0.1, 0.15) is 22.3 Å². The number of rotatable bonds is 5. The molecule has 1 aliphatic heterocycles. The highest BCUT2D eigenvalue weighted by atomic mass is 19.4. The predicted molar refractivity (Wildman–Crippen MR) is 96.1 cm³/mol. The summed E-state index contributed by atoms with van der Waals surface area (Å²) in [5.74, 6) is -1.16. The number of aliphatic carboxylic acids is 1. The number of hydrogen-bond donors (Lipinski definition) is 1. The molecule has 4 nitrogen and oxygen atoms in total. The second kappa shape index (κ2) is 7.02. The van der Waals surface area contributed by atoms with Gasteiger partial charge in [-0.25, -0.2) is 4.39 Å². The van der Waals surface area contributed by atoms with E-state index in [2.05, 4.69) is 0 Å². The first-order valence-electron chi connectivity index (χ1n) is 9.18. The molecule has 0 amide bonds. The van der Waals surface area contributed by atoms with E-state index in [9.17, 15) is 22.4 Å². The van der Waals surface area contributed by atoms with Crippen molar-refractivity contribution in [1.82, 2.24) is 4.90 Å². The molecule has 2 aliphatic rings. The lowest BCUT2D eigenvalue weighted by Gasteiger charge is -2.47. The van der Waals surface area contributed by atoms with Gasteiger partial charge in [0.2, 0.25) is 0 Å². The number of fused-ring (bicyclic) bond motifs is 1. The monoisotopic (exact) mass is 409 g/mol. The summed E-state index contributed by atoms with van der Waals surface area (Å²) in [5, 5.41) is 8.88. The number of nitrogens with zero attached hydrogens (tertiary/aromatic N) is 1. The molecule has 29 heavy (non-hydrogen) atoms. The van der Waals surface area contributed by atoms with Crippen LogP contribution in [0, 0.1) is 11.2 Å². The van der Waals surface area contributed by atoms with E-state index in [1.165, 1.54) is 0 Å². The van der Waals surface area contributed by atoms with Crippen LogP contribution in [0.25, 0.3) is 0 Å². The Hall–Kier alpha value is -2.61. The van der Waals surface area contributed by atoms with Gasteiger partial charge < -0.3 is 9.84 Å². The third kappa shape index (κ3) is 4.07. The number of carboxylic acids is 1. The SMILES string of the molecule is O=C(O)CN1CC2(Cc3ccc(OCc4cc(F)ccc4C(F)(F)F)cc3C2)C1.